The second kappa shape index (κ2) is 4.60. The molecule has 3 rings (SSSR count). The summed E-state index contributed by atoms with van der Waals surface area (Å²) < 4.78 is 10.4. The number of nitrogens with one attached hydrogen (secondary N) is 2. The Bertz CT molecular complexity index is 597. The summed E-state index contributed by atoms with van der Waals surface area (Å²) in [6.07, 6.45) is 1.40. The zero-order chi connectivity index (χ0) is 13.2. The van der Waals surface area contributed by atoms with E-state index in [-0.39, 0.29) is 18.7 Å². The number of H-pyrrole nitrogens is 1. The normalized spacial score (nSPS) is 14.2. The third-order valence-electron chi connectivity index (χ3n) is 2.83. The van der Waals surface area contributed by atoms with Crippen LogP contribution < -0.4 is 14.8 Å². The average Bonchev–Trinajstić information content (AvgIpc) is 3.09. The van der Waals surface area contributed by atoms with Crippen molar-refractivity contribution in [3.05, 3.63) is 35.9 Å². The van der Waals surface area contributed by atoms with Crippen molar-refractivity contribution in [2.75, 3.05) is 6.79 Å². The summed E-state index contributed by atoms with van der Waals surface area (Å²) in [6.45, 7) is 2.01. The summed E-state index contributed by atoms with van der Waals surface area (Å²) in [5, 5.41) is 9.28. The number of carbonyl (C=O) groups is 1. The van der Waals surface area contributed by atoms with Crippen LogP contribution in [0, 0.1) is 0 Å². The Kier molecular flexibility index (Phi) is 2.79. The summed E-state index contributed by atoms with van der Waals surface area (Å²) >= 11 is 0. The molecule has 1 atom stereocenters. The van der Waals surface area contributed by atoms with E-state index in [1.807, 2.05) is 6.92 Å². The lowest BCUT2D eigenvalue weighted by molar-refractivity contribution is 0.0938. The van der Waals surface area contributed by atoms with Gasteiger partial charge in [0.2, 0.25) is 6.79 Å². The third kappa shape index (κ3) is 2.22. The van der Waals surface area contributed by atoms with Crippen LogP contribution in [0.15, 0.2) is 24.5 Å². The molecule has 1 aromatic heterocycles. The van der Waals surface area contributed by atoms with Crippen LogP contribution in [0.4, 0.5) is 0 Å². The number of hydrogen-bond donors (Lipinski definition) is 2. The van der Waals surface area contributed by atoms with E-state index in [9.17, 15) is 4.79 Å². The van der Waals surface area contributed by atoms with Crippen LogP contribution in [0.2, 0.25) is 0 Å². The van der Waals surface area contributed by atoms with E-state index in [2.05, 4.69) is 20.5 Å². The highest BCUT2D eigenvalue weighted by atomic mass is 16.7. The smallest absolute Gasteiger partial charge is 0.252 e. The van der Waals surface area contributed by atoms with Crippen molar-refractivity contribution in [3.63, 3.8) is 0 Å². The minimum absolute atomic E-state index is 0.189. The summed E-state index contributed by atoms with van der Waals surface area (Å²) in [4.78, 5) is 16.1. The number of amides is 1. The number of aromatic nitrogens is 3. The molecular weight excluding hydrogens is 248 g/mol. The first-order chi connectivity index (χ1) is 9.24. The minimum atomic E-state index is -0.250. The lowest BCUT2D eigenvalue weighted by Gasteiger charge is -2.11. The maximum absolute atomic E-state index is 12.1. The summed E-state index contributed by atoms with van der Waals surface area (Å²) in [5.41, 5.74) is 0.510. The molecule has 1 unspecified atom stereocenters. The Morgan fingerprint density at radius 3 is 3.05 bits per heavy atom. The number of hydrogen-bond acceptors (Lipinski definition) is 5. The highest BCUT2D eigenvalue weighted by molar-refractivity contribution is 5.95. The monoisotopic (exact) mass is 260 g/mol. The molecule has 1 aliphatic heterocycles. The van der Waals surface area contributed by atoms with Gasteiger partial charge in [-0.1, -0.05) is 0 Å². The topological polar surface area (TPSA) is 89.1 Å². The van der Waals surface area contributed by atoms with E-state index in [4.69, 9.17) is 9.47 Å². The number of ether oxygens (including phenoxy) is 2. The molecule has 0 bridgehead atoms. The van der Waals surface area contributed by atoms with Crippen molar-refractivity contribution >= 4 is 5.91 Å². The molecule has 2 aromatic rings. The summed E-state index contributed by atoms with van der Waals surface area (Å²) in [5.74, 6) is 1.64. The van der Waals surface area contributed by atoms with Crippen LogP contribution in [-0.2, 0) is 0 Å². The molecular formula is C12H12N4O3. The molecule has 0 aliphatic carbocycles. The van der Waals surface area contributed by atoms with Gasteiger partial charge in [0, 0.05) is 5.56 Å². The number of fused-ring (bicyclic) bond motifs is 1. The van der Waals surface area contributed by atoms with Crippen molar-refractivity contribution in [3.8, 4) is 11.5 Å². The molecule has 0 fully saturated rings. The van der Waals surface area contributed by atoms with Crippen molar-refractivity contribution in [2.45, 2.75) is 13.0 Å². The van der Waals surface area contributed by atoms with Gasteiger partial charge in [-0.05, 0) is 25.1 Å². The van der Waals surface area contributed by atoms with Crippen LogP contribution >= 0.6 is 0 Å². The first-order valence-electron chi connectivity index (χ1n) is 5.80. The van der Waals surface area contributed by atoms with Gasteiger partial charge in [-0.25, -0.2) is 4.98 Å². The SMILES string of the molecule is CC(NC(=O)c1ccc2c(c1)OCO2)c1ncn[nH]1. The van der Waals surface area contributed by atoms with Gasteiger partial charge in [0.25, 0.3) is 5.91 Å². The zero-order valence-electron chi connectivity index (χ0n) is 10.2. The predicted octanol–water partition coefficient (Wildman–Crippen LogP) is 1.02. The van der Waals surface area contributed by atoms with E-state index in [0.29, 0.717) is 22.9 Å². The highest BCUT2D eigenvalue weighted by Gasteiger charge is 2.18. The Balaban J connectivity index is 1.74. The van der Waals surface area contributed by atoms with E-state index in [0.717, 1.165) is 0 Å². The van der Waals surface area contributed by atoms with Gasteiger partial charge in [-0.15, -0.1) is 0 Å². The number of aromatic amines is 1. The molecule has 2 heterocycles. The Labute approximate surface area is 108 Å². The fourth-order valence-corrected chi connectivity index (χ4v) is 1.81. The van der Waals surface area contributed by atoms with E-state index >= 15 is 0 Å². The molecule has 0 saturated heterocycles. The summed E-state index contributed by atoms with van der Waals surface area (Å²) in [6, 6.07) is 4.82. The van der Waals surface area contributed by atoms with Crippen LogP contribution in [-0.4, -0.2) is 27.9 Å². The fraction of sp³-hybridized carbons (Fsp3) is 0.250. The minimum Gasteiger partial charge on any atom is -0.454 e. The van der Waals surface area contributed by atoms with E-state index in [1.54, 1.807) is 18.2 Å². The number of benzene rings is 1. The standard InChI is InChI=1S/C12H12N4O3/c1-7(11-13-5-14-16-11)15-12(17)8-2-3-9-10(4-8)19-6-18-9/h2-5,7H,6H2,1H3,(H,15,17)(H,13,14,16). The average molecular weight is 260 g/mol. The molecule has 1 aromatic carbocycles. The molecule has 98 valence electrons. The zero-order valence-corrected chi connectivity index (χ0v) is 10.2. The van der Waals surface area contributed by atoms with Crippen LogP contribution in [0.1, 0.15) is 29.1 Å². The molecule has 0 saturated carbocycles. The number of rotatable bonds is 3. The Hall–Kier alpha value is -2.57. The van der Waals surface area contributed by atoms with Gasteiger partial charge >= 0.3 is 0 Å². The largest absolute Gasteiger partial charge is 0.454 e. The Morgan fingerprint density at radius 2 is 2.26 bits per heavy atom. The maximum atomic E-state index is 12.1. The van der Waals surface area contributed by atoms with Crippen molar-refractivity contribution in [1.29, 1.82) is 0 Å². The molecule has 1 aliphatic rings. The van der Waals surface area contributed by atoms with Gasteiger partial charge in [0.05, 0.1) is 6.04 Å². The van der Waals surface area contributed by atoms with Gasteiger partial charge < -0.3 is 14.8 Å². The second-order valence-electron chi connectivity index (χ2n) is 4.13. The van der Waals surface area contributed by atoms with Gasteiger partial charge in [0.1, 0.15) is 12.2 Å². The predicted molar refractivity (Wildman–Crippen MR) is 64.8 cm³/mol. The summed E-state index contributed by atoms with van der Waals surface area (Å²) in [7, 11) is 0. The van der Waals surface area contributed by atoms with Crippen LogP contribution in [0.3, 0.4) is 0 Å². The molecule has 2 N–H and O–H groups in total. The van der Waals surface area contributed by atoms with E-state index in [1.165, 1.54) is 6.33 Å². The van der Waals surface area contributed by atoms with Gasteiger partial charge in [-0.2, -0.15) is 5.10 Å². The first-order valence-corrected chi connectivity index (χ1v) is 5.80. The molecule has 1 amide bonds. The molecule has 7 nitrogen and oxygen atoms in total. The van der Waals surface area contributed by atoms with Crippen molar-refractivity contribution in [2.24, 2.45) is 0 Å². The Morgan fingerprint density at radius 1 is 1.42 bits per heavy atom. The molecule has 0 radical (unpaired) electrons. The lowest BCUT2D eigenvalue weighted by atomic mass is 10.1. The molecule has 7 heteroatoms. The number of nitrogens with zero attached hydrogens (tertiary/aromatic N) is 2. The molecule has 19 heavy (non-hydrogen) atoms. The van der Waals surface area contributed by atoms with Crippen LogP contribution in [0.25, 0.3) is 0 Å². The van der Waals surface area contributed by atoms with Crippen molar-refractivity contribution < 1.29 is 14.3 Å². The third-order valence-corrected chi connectivity index (χ3v) is 2.83. The van der Waals surface area contributed by atoms with E-state index < -0.39 is 0 Å². The fourth-order valence-electron chi connectivity index (χ4n) is 1.81. The van der Waals surface area contributed by atoms with Crippen molar-refractivity contribution in [1.82, 2.24) is 20.5 Å². The lowest BCUT2D eigenvalue weighted by Crippen LogP contribution is -2.27. The van der Waals surface area contributed by atoms with Gasteiger partial charge in [-0.3, -0.25) is 9.89 Å². The van der Waals surface area contributed by atoms with Crippen LogP contribution in [0.5, 0.6) is 11.5 Å². The first kappa shape index (κ1) is 11.5. The highest BCUT2D eigenvalue weighted by Crippen LogP contribution is 2.32. The second-order valence-corrected chi connectivity index (χ2v) is 4.13. The van der Waals surface area contributed by atoms with Gasteiger partial charge in [0.15, 0.2) is 11.5 Å². The number of carbonyl (C=O) groups excluding carboxylic acids is 1. The molecule has 0 spiro atoms. The quantitative estimate of drug-likeness (QED) is 0.860. The maximum Gasteiger partial charge on any atom is 0.252 e.